The first kappa shape index (κ1) is 16.3. The molecular weight excluding hydrogens is 242 g/mol. The van der Waals surface area contributed by atoms with E-state index in [4.69, 9.17) is 5.73 Å². The van der Waals surface area contributed by atoms with E-state index in [1.54, 1.807) is 0 Å². The first-order chi connectivity index (χ1) is 7.80. The van der Waals surface area contributed by atoms with Crippen LogP contribution in [0, 0.1) is 0 Å². The van der Waals surface area contributed by atoms with Crippen molar-refractivity contribution in [2.75, 3.05) is 12.8 Å². The van der Waals surface area contributed by atoms with E-state index in [0.29, 0.717) is 6.54 Å². The van der Waals surface area contributed by atoms with Crippen molar-refractivity contribution in [1.82, 2.24) is 10.0 Å². The van der Waals surface area contributed by atoms with Crippen molar-refractivity contribution < 1.29 is 13.2 Å². The molecule has 0 aromatic rings. The van der Waals surface area contributed by atoms with E-state index in [1.165, 1.54) is 6.92 Å². The van der Waals surface area contributed by atoms with Gasteiger partial charge in [-0.25, -0.2) is 13.1 Å². The summed E-state index contributed by atoms with van der Waals surface area (Å²) in [5.74, 6) is -0.345. The zero-order chi connectivity index (χ0) is 13.5. The maximum atomic E-state index is 11.7. The number of amides is 1. The molecule has 0 aliphatic heterocycles. The molecule has 2 atom stereocenters. The van der Waals surface area contributed by atoms with Crippen molar-refractivity contribution in [1.29, 1.82) is 0 Å². The Bertz CT molecular complexity index is 330. The average Bonchev–Trinajstić information content (AvgIpc) is 2.21. The molecule has 0 aromatic carbocycles. The van der Waals surface area contributed by atoms with E-state index in [2.05, 4.69) is 17.0 Å². The number of sulfonamides is 1. The Morgan fingerprint density at radius 1 is 1.41 bits per heavy atom. The van der Waals surface area contributed by atoms with Gasteiger partial charge in [0.2, 0.25) is 15.9 Å². The van der Waals surface area contributed by atoms with Crippen molar-refractivity contribution in [3.05, 3.63) is 0 Å². The second-order valence-corrected chi connectivity index (χ2v) is 5.98. The lowest BCUT2D eigenvalue weighted by atomic mass is 10.1. The van der Waals surface area contributed by atoms with Gasteiger partial charge in [0.25, 0.3) is 0 Å². The minimum atomic E-state index is -3.37. The molecule has 0 rings (SSSR count). The molecule has 0 saturated carbocycles. The van der Waals surface area contributed by atoms with E-state index >= 15 is 0 Å². The van der Waals surface area contributed by atoms with Gasteiger partial charge in [0, 0.05) is 12.6 Å². The Morgan fingerprint density at radius 3 is 2.41 bits per heavy atom. The van der Waals surface area contributed by atoms with Crippen LogP contribution in [0.25, 0.3) is 0 Å². The minimum Gasteiger partial charge on any atom is -0.351 e. The molecule has 0 fully saturated rings. The number of carbonyl (C=O) groups is 1. The maximum Gasteiger partial charge on any atom is 0.238 e. The van der Waals surface area contributed by atoms with Crippen molar-refractivity contribution in [3.8, 4) is 0 Å². The SMILES string of the molecule is CCCCC(CN)NC(=O)C(C)NS(C)(=O)=O. The molecule has 0 aromatic heterocycles. The Hall–Kier alpha value is -0.660. The van der Waals surface area contributed by atoms with Crippen LogP contribution in [0.15, 0.2) is 0 Å². The van der Waals surface area contributed by atoms with Crippen LogP contribution in [-0.2, 0) is 14.8 Å². The van der Waals surface area contributed by atoms with Gasteiger partial charge in [-0.15, -0.1) is 0 Å². The lowest BCUT2D eigenvalue weighted by molar-refractivity contribution is -0.123. The van der Waals surface area contributed by atoms with E-state index in [1.807, 2.05) is 0 Å². The lowest BCUT2D eigenvalue weighted by Crippen LogP contribution is -2.49. The summed E-state index contributed by atoms with van der Waals surface area (Å²) < 4.78 is 24.1. The predicted octanol–water partition coefficient (Wildman–Crippen LogP) is -0.442. The zero-order valence-corrected chi connectivity index (χ0v) is 11.5. The highest BCUT2D eigenvalue weighted by Crippen LogP contribution is 1.99. The molecule has 7 heteroatoms. The van der Waals surface area contributed by atoms with Gasteiger partial charge in [0.15, 0.2) is 0 Å². The third-order valence-electron chi connectivity index (χ3n) is 2.32. The predicted molar refractivity (Wildman–Crippen MR) is 68.0 cm³/mol. The summed E-state index contributed by atoms with van der Waals surface area (Å²) in [6, 6.07) is -0.869. The standard InChI is InChI=1S/C10H23N3O3S/c1-4-5-6-9(7-11)12-10(14)8(2)13-17(3,15)16/h8-9,13H,4-7,11H2,1-3H3,(H,12,14). The summed E-state index contributed by atoms with van der Waals surface area (Å²) in [6.45, 7) is 3.92. The quantitative estimate of drug-likeness (QED) is 0.553. The van der Waals surface area contributed by atoms with Gasteiger partial charge in [-0.2, -0.15) is 0 Å². The number of nitrogens with one attached hydrogen (secondary N) is 2. The van der Waals surface area contributed by atoms with Crippen LogP contribution in [0.4, 0.5) is 0 Å². The minimum absolute atomic E-state index is 0.0914. The molecule has 0 saturated heterocycles. The molecule has 4 N–H and O–H groups in total. The summed E-state index contributed by atoms with van der Waals surface area (Å²) in [4.78, 5) is 11.7. The number of carbonyl (C=O) groups excluding carboxylic acids is 1. The fourth-order valence-corrected chi connectivity index (χ4v) is 2.15. The van der Waals surface area contributed by atoms with E-state index < -0.39 is 16.1 Å². The Balaban J connectivity index is 4.21. The monoisotopic (exact) mass is 265 g/mol. The molecule has 0 radical (unpaired) electrons. The van der Waals surface area contributed by atoms with Crippen LogP contribution in [0.5, 0.6) is 0 Å². The summed E-state index contributed by atoms with van der Waals surface area (Å²) >= 11 is 0. The normalized spacial score (nSPS) is 15.3. The van der Waals surface area contributed by atoms with Gasteiger partial charge in [0.05, 0.1) is 12.3 Å². The fraction of sp³-hybridized carbons (Fsp3) is 0.900. The van der Waals surface area contributed by atoms with Crippen LogP contribution in [0.2, 0.25) is 0 Å². The van der Waals surface area contributed by atoms with Crippen LogP contribution in [0.3, 0.4) is 0 Å². The number of hydrogen-bond donors (Lipinski definition) is 3. The first-order valence-electron chi connectivity index (χ1n) is 5.78. The van der Waals surface area contributed by atoms with Gasteiger partial charge in [-0.3, -0.25) is 4.79 Å². The molecule has 17 heavy (non-hydrogen) atoms. The summed E-state index contributed by atoms with van der Waals surface area (Å²) in [6.07, 6.45) is 3.85. The van der Waals surface area contributed by atoms with Crippen molar-refractivity contribution in [2.24, 2.45) is 5.73 Å². The number of hydrogen-bond acceptors (Lipinski definition) is 4. The highest BCUT2D eigenvalue weighted by Gasteiger charge is 2.19. The Morgan fingerprint density at radius 2 is 2.00 bits per heavy atom. The molecule has 0 aliphatic carbocycles. The molecule has 0 aliphatic rings. The van der Waals surface area contributed by atoms with Crippen molar-refractivity contribution >= 4 is 15.9 Å². The van der Waals surface area contributed by atoms with Crippen LogP contribution in [-0.4, -0.2) is 39.2 Å². The highest BCUT2D eigenvalue weighted by atomic mass is 32.2. The molecule has 6 nitrogen and oxygen atoms in total. The number of unbranched alkanes of at least 4 members (excludes halogenated alkanes) is 1. The molecule has 2 unspecified atom stereocenters. The van der Waals surface area contributed by atoms with E-state index in [-0.39, 0.29) is 11.9 Å². The van der Waals surface area contributed by atoms with Gasteiger partial charge < -0.3 is 11.1 Å². The van der Waals surface area contributed by atoms with Crippen LogP contribution >= 0.6 is 0 Å². The Kier molecular flexibility index (Phi) is 7.33. The third-order valence-corrected chi connectivity index (χ3v) is 3.10. The van der Waals surface area contributed by atoms with Gasteiger partial charge in [-0.05, 0) is 13.3 Å². The number of nitrogens with two attached hydrogens (primary N) is 1. The molecular formula is C10H23N3O3S. The maximum absolute atomic E-state index is 11.7. The van der Waals surface area contributed by atoms with Gasteiger partial charge in [-0.1, -0.05) is 19.8 Å². The fourth-order valence-electron chi connectivity index (χ4n) is 1.40. The third kappa shape index (κ3) is 8.12. The molecule has 102 valence electrons. The smallest absolute Gasteiger partial charge is 0.238 e. The number of rotatable bonds is 8. The van der Waals surface area contributed by atoms with Gasteiger partial charge >= 0.3 is 0 Å². The largest absolute Gasteiger partial charge is 0.351 e. The molecule has 0 spiro atoms. The van der Waals surface area contributed by atoms with Crippen molar-refractivity contribution in [2.45, 2.75) is 45.2 Å². The highest BCUT2D eigenvalue weighted by molar-refractivity contribution is 7.88. The molecule has 0 heterocycles. The molecule has 0 bridgehead atoms. The van der Waals surface area contributed by atoms with Crippen molar-refractivity contribution in [3.63, 3.8) is 0 Å². The summed E-state index contributed by atoms with van der Waals surface area (Å²) in [5.41, 5.74) is 5.54. The van der Waals surface area contributed by atoms with E-state index in [9.17, 15) is 13.2 Å². The lowest BCUT2D eigenvalue weighted by Gasteiger charge is -2.19. The molecule has 1 amide bonds. The summed E-state index contributed by atoms with van der Waals surface area (Å²) in [5, 5.41) is 2.73. The van der Waals surface area contributed by atoms with Gasteiger partial charge in [0.1, 0.15) is 0 Å². The van der Waals surface area contributed by atoms with E-state index in [0.717, 1.165) is 25.5 Å². The van der Waals surface area contributed by atoms with Crippen LogP contribution in [0.1, 0.15) is 33.1 Å². The first-order valence-corrected chi connectivity index (χ1v) is 7.67. The Labute approximate surface area is 103 Å². The second-order valence-electron chi connectivity index (χ2n) is 4.20. The second kappa shape index (κ2) is 7.62. The zero-order valence-electron chi connectivity index (χ0n) is 10.7. The summed E-state index contributed by atoms with van der Waals surface area (Å²) in [7, 11) is -3.37. The topological polar surface area (TPSA) is 101 Å². The van der Waals surface area contributed by atoms with Crippen LogP contribution < -0.4 is 15.8 Å². The average molecular weight is 265 g/mol.